The molecule has 1 N–H and O–H groups in total. The number of aliphatic hydroxyl groups is 1. The summed E-state index contributed by atoms with van der Waals surface area (Å²) in [5.41, 5.74) is 0. The monoisotopic (exact) mass is 185 g/mol. The van der Waals surface area contributed by atoms with E-state index in [9.17, 15) is 9.90 Å². The number of amides is 1. The van der Waals surface area contributed by atoms with Crippen LogP contribution in [0, 0.1) is 0 Å². The van der Waals surface area contributed by atoms with Gasteiger partial charge in [-0.25, -0.2) is 0 Å². The van der Waals surface area contributed by atoms with Gasteiger partial charge in [0.15, 0.2) is 0 Å². The van der Waals surface area contributed by atoms with Crippen molar-refractivity contribution in [2.24, 2.45) is 0 Å². The summed E-state index contributed by atoms with van der Waals surface area (Å²) in [6, 6.07) is 0.285. The van der Waals surface area contributed by atoms with Gasteiger partial charge in [0.2, 0.25) is 5.91 Å². The van der Waals surface area contributed by atoms with Crippen molar-refractivity contribution in [2.75, 3.05) is 6.54 Å². The number of nitrogens with zero attached hydrogens (tertiary/aromatic N) is 1. The van der Waals surface area contributed by atoms with Gasteiger partial charge < -0.3 is 10.0 Å². The van der Waals surface area contributed by atoms with Crippen LogP contribution in [0.25, 0.3) is 0 Å². The van der Waals surface area contributed by atoms with Crippen LogP contribution in [0.1, 0.15) is 39.5 Å². The molecule has 1 rings (SSSR count). The third kappa shape index (κ3) is 2.69. The third-order valence-electron chi connectivity index (χ3n) is 2.61. The second-order valence-corrected chi connectivity index (χ2v) is 3.82. The van der Waals surface area contributed by atoms with Gasteiger partial charge in [-0.1, -0.05) is 6.92 Å². The van der Waals surface area contributed by atoms with E-state index < -0.39 is 0 Å². The van der Waals surface area contributed by atoms with Crippen LogP contribution in [0.15, 0.2) is 0 Å². The zero-order valence-corrected chi connectivity index (χ0v) is 8.49. The number of carbonyl (C=O) groups excluding carboxylic acids is 1. The second-order valence-electron chi connectivity index (χ2n) is 3.82. The number of carbonyl (C=O) groups is 1. The van der Waals surface area contributed by atoms with E-state index in [1.165, 1.54) is 0 Å². The summed E-state index contributed by atoms with van der Waals surface area (Å²) in [7, 11) is 0. The van der Waals surface area contributed by atoms with Gasteiger partial charge in [0.1, 0.15) is 0 Å². The average molecular weight is 185 g/mol. The standard InChI is InChI=1S/C10H19NO2/c1-3-10(13)11-6-4-5-9(11)7-8(2)12/h8-9,12H,3-7H2,1-2H3. The molecule has 0 aromatic heterocycles. The number of hydrogen-bond acceptors (Lipinski definition) is 2. The Morgan fingerprint density at radius 2 is 2.38 bits per heavy atom. The Hall–Kier alpha value is -0.570. The predicted molar refractivity (Wildman–Crippen MR) is 51.3 cm³/mol. The fraction of sp³-hybridized carbons (Fsp3) is 0.900. The molecule has 1 aliphatic rings. The number of rotatable bonds is 3. The topological polar surface area (TPSA) is 40.5 Å². The molecule has 3 heteroatoms. The minimum absolute atomic E-state index is 0.225. The number of hydrogen-bond donors (Lipinski definition) is 1. The molecule has 1 amide bonds. The fourth-order valence-electron chi connectivity index (χ4n) is 2.01. The van der Waals surface area contributed by atoms with Crippen molar-refractivity contribution < 1.29 is 9.90 Å². The molecule has 0 radical (unpaired) electrons. The van der Waals surface area contributed by atoms with E-state index in [1.807, 2.05) is 11.8 Å². The van der Waals surface area contributed by atoms with Crippen LogP contribution in [0.2, 0.25) is 0 Å². The van der Waals surface area contributed by atoms with Crippen LogP contribution in [0.3, 0.4) is 0 Å². The molecule has 2 atom stereocenters. The van der Waals surface area contributed by atoms with Crippen LogP contribution in [-0.4, -0.2) is 34.6 Å². The molecule has 2 unspecified atom stereocenters. The summed E-state index contributed by atoms with van der Waals surface area (Å²) in [5, 5.41) is 9.25. The first-order valence-corrected chi connectivity index (χ1v) is 5.12. The zero-order valence-electron chi connectivity index (χ0n) is 8.49. The molecule has 0 aromatic rings. The Balaban J connectivity index is 2.48. The Morgan fingerprint density at radius 1 is 1.69 bits per heavy atom. The molecule has 0 aliphatic carbocycles. The average Bonchev–Trinajstić information content (AvgIpc) is 2.50. The van der Waals surface area contributed by atoms with Crippen LogP contribution in [0.5, 0.6) is 0 Å². The Bertz CT molecular complexity index is 180. The highest BCUT2D eigenvalue weighted by Crippen LogP contribution is 2.21. The quantitative estimate of drug-likeness (QED) is 0.716. The Labute approximate surface area is 79.7 Å². The molecule has 1 aliphatic heterocycles. The lowest BCUT2D eigenvalue weighted by Crippen LogP contribution is -2.36. The fourth-order valence-corrected chi connectivity index (χ4v) is 2.01. The highest BCUT2D eigenvalue weighted by Gasteiger charge is 2.28. The number of likely N-dealkylation sites (tertiary alicyclic amines) is 1. The van der Waals surface area contributed by atoms with Crippen LogP contribution in [0.4, 0.5) is 0 Å². The lowest BCUT2D eigenvalue weighted by Gasteiger charge is -2.25. The molecule has 1 saturated heterocycles. The zero-order chi connectivity index (χ0) is 9.84. The lowest BCUT2D eigenvalue weighted by atomic mass is 10.1. The summed E-state index contributed by atoms with van der Waals surface area (Å²) >= 11 is 0. The van der Waals surface area contributed by atoms with Crippen LogP contribution in [-0.2, 0) is 4.79 Å². The van der Waals surface area contributed by atoms with Gasteiger partial charge in [-0.2, -0.15) is 0 Å². The summed E-state index contributed by atoms with van der Waals surface area (Å²) in [6.07, 6.45) is 3.15. The van der Waals surface area contributed by atoms with E-state index in [-0.39, 0.29) is 18.1 Å². The highest BCUT2D eigenvalue weighted by molar-refractivity contribution is 5.76. The van der Waals surface area contributed by atoms with Gasteiger partial charge in [0, 0.05) is 19.0 Å². The SMILES string of the molecule is CCC(=O)N1CCCC1CC(C)O. The predicted octanol–water partition coefficient (Wildman–Crippen LogP) is 1.16. The molecule has 0 spiro atoms. The minimum atomic E-state index is -0.296. The van der Waals surface area contributed by atoms with Crippen LogP contribution >= 0.6 is 0 Å². The van der Waals surface area contributed by atoms with E-state index in [4.69, 9.17) is 0 Å². The Kier molecular flexibility index (Phi) is 3.72. The molecule has 3 nitrogen and oxygen atoms in total. The van der Waals surface area contributed by atoms with Gasteiger partial charge in [0.05, 0.1) is 6.10 Å². The van der Waals surface area contributed by atoms with Crippen LogP contribution < -0.4 is 0 Å². The molecule has 0 bridgehead atoms. The molecular formula is C10H19NO2. The first-order valence-electron chi connectivity index (χ1n) is 5.12. The molecule has 1 fully saturated rings. The van der Waals surface area contributed by atoms with E-state index in [2.05, 4.69) is 0 Å². The maximum Gasteiger partial charge on any atom is 0.222 e. The summed E-state index contributed by atoms with van der Waals surface area (Å²) in [4.78, 5) is 13.4. The lowest BCUT2D eigenvalue weighted by molar-refractivity contribution is -0.132. The molecule has 76 valence electrons. The summed E-state index contributed by atoms with van der Waals surface area (Å²) in [6.45, 7) is 4.55. The van der Waals surface area contributed by atoms with Gasteiger partial charge in [-0.05, 0) is 26.2 Å². The van der Waals surface area contributed by atoms with Crippen molar-refractivity contribution in [3.63, 3.8) is 0 Å². The third-order valence-corrected chi connectivity index (χ3v) is 2.61. The molecule has 0 aromatic carbocycles. The van der Waals surface area contributed by atoms with Crippen molar-refractivity contribution in [3.8, 4) is 0 Å². The molecule has 13 heavy (non-hydrogen) atoms. The van der Waals surface area contributed by atoms with Gasteiger partial charge in [-0.15, -0.1) is 0 Å². The van der Waals surface area contributed by atoms with Crippen molar-refractivity contribution in [2.45, 2.75) is 51.7 Å². The van der Waals surface area contributed by atoms with Crippen molar-refractivity contribution >= 4 is 5.91 Å². The van der Waals surface area contributed by atoms with Gasteiger partial charge in [0.25, 0.3) is 0 Å². The van der Waals surface area contributed by atoms with Gasteiger partial charge in [-0.3, -0.25) is 4.79 Å². The maximum atomic E-state index is 11.5. The minimum Gasteiger partial charge on any atom is -0.393 e. The van der Waals surface area contributed by atoms with E-state index in [1.54, 1.807) is 6.92 Å². The normalized spacial score (nSPS) is 24.8. The number of aliphatic hydroxyl groups excluding tert-OH is 1. The van der Waals surface area contributed by atoms with E-state index in [0.29, 0.717) is 6.42 Å². The first-order chi connectivity index (χ1) is 6.15. The van der Waals surface area contributed by atoms with E-state index in [0.717, 1.165) is 25.8 Å². The maximum absolute atomic E-state index is 11.5. The largest absolute Gasteiger partial charge is 0.393 e. The second kappa shape index (κ2) is 4.61. The van der Waals surface area contributed by atoms with Crippen molar-refractivity contribution in [3.05, 3.63) is 0 Å². The first kappa shape index (κ1) is 10.5. The Morgan fingerprint density at radius 3 is 2.92 bits per heavy atom. The van der Waals surface area contributed by atoms with Crippen molar-refractivity contribution in [1.82, 2.24) is 4.90 Å². The summed E-state index contributed by atoms with van der Waals surface area (Å²) < 4.78 is 0. The molecule has 1 heterocycles. The highest BCUT2D eigenvalue weighted by atomic mass is 16.3. The van der Waals surface area contributed by atoms with Crippen molar-refractivity contribution in [1.29, 1.82) is 0 Å². The van der Waals surface area contributed by atoms with Gasteiger partial charge >= 0.3 is 0 Å². The molecule has 0 saturated carbocycles. The summed E-state index contributed by atoms with van der Waals surface area (Å²) in [5.74, 6) is 0.225. The molecular weight excluding hydrogens is 166 g/mol. The van der Waals surface area contributed by atoms with E-state index >= 15 is 0 Å². The smallest absolute Gasteiger partial charge is 0.222 e.